The van der Waals surface area contributed by atoms with Gasteiger partial charge in [0.2, 0.25) is 0 Å². The predicted octanol–water partition coefficient (Wildman–Crippen LogP) is 5.03. The minimum Gasteiger partial charge on any atom is -0.358 e. The molecule has 0 spiro atoms. The van der Waals surface area contributed by atoms with Gasteiger partial charge in [0.1, 0.15) is 0 Å². The number of rotatable bonds is 3. The second-order valence-corrected chi connectivity index (χ2v) is 5.56. The van der Waals surface area contributed by atoms with E-state index >= 15 is 0 Å². The molecule has 3 rings (SSSR count). The van der Waals surface area contributed by atoms with Gasteiger partial charge in [-0.05, 0) is 41.7 Å². The Hall–Kier alpha value is -2.02. The monoisotopic (exact) mass is 249 g/mol. The SMILES string of the molecule is CC(C)Cc1cc2cc(-c3ccccc3)ccc2[nH]1. The highest BCUT2D eigenvalue weighted by atomic mass is 14.7. The molecule has 0 unspecified atom stereocenters. The van der Waals surface area contributed by atoms with E-state index in [9.17, 15) is 0 Å². The van der Waals surface area contributed by atoms with Crippen molar-refractivity contribution in [3.05, 3.63) is 60.3 Å². The third kappa shape index (κ3) is 2.55. The maximum Gasteiger partial charge on any atom is 0.0456 e. The summed E-state index contributed by atoms with van der Waals surface area (Å²) in [6.45, 7) is 4.50. The number of H-pyrrole nitrogens is 1. The van der Waals surface area contributed by atoms with Gasteiger partial charge in [0.05, 0.1) is 0 Å². The van der Waals surface area contributed by atoms with Crippen LogP contribution in [-0.4, -0.2) is 4.98 Å². The normalized spacial score (nSPS) is 11.3. The first-order valence-corrected chi connectivity index (χ1v) is 6.89. The molecule has 0 aliphatic carbocycles. The first-order chi connectivity index (χ1) is 9.22. The Balaban J connectivity index is 2.01. The summed E-state index contributed by atoms with van der Waals surface area (Å²) in [6.07, 6.45) is 1.11. The average Bonchev–Trinajstić information content (AvgIpc) is 2.79. The molecule has 0 aliphatic heterocycles. The van der Waals surface area contributed by atoms with Crippen molar-refractivity contribution in [1.82, 2.24) is 4.98 Å². The van der Waals surface area contributed by atoms with Crippen LogP contribution in [0.4, 0.5) is 0 Å². The van der Waals surface area contributed by atoms with Gasteiger partial charge in [-0.1, -0.05) is 50.2 Å². The minimum atomic E-state index is 0.682. The van der Waals surface area contributed by atoms with E-state index in [1.54, 1.807) is 0 Å². The number of benzene rings is 2. The predicted molar refractivity (Wildman–Crippen MR) is 82.3 cm³/mol. The lowest BCUT2D eigenvalue weighted by atomic mass is 10.0. The van der Waals surface area contributed by atoms with Crippen LogP contribution in [0.5, 0.6) is 0 Å². The van der Waals surface area contributed by atoms with Crippen molar-refractivity contribution < 1.29 is 0 Å². The molecule has 1 nitrogen and oxygen atoms in total. The maximum atomic E-state index is 3.51. The molecule has 2 aromatic carbocycles. The molecule has 1 heterocycles. The molecule has 1 N–H and O–H groups in total. The zero-order valence-electron chi connectivity index (χ0n) is 11.5. The molecule has 0 bridgehead atoms. The molecule has 96 valence electrons. The second-order valence-electron chi connectivity index (χ2n) is 5.56. The summed E-state index contributed by atoms with van der Waals surface area (Å²) in [4.78, 5) is 3.51. The molecular weight excluding hydrogens is 230 g/mol. The third-order valence-electron chi connectivity index (χ3n) is 3.41. The Labute approximate surface area is 114 Å². The fraction of sp³-hybridized carbons (Fsp3) is 0.222. The van der Waals surface area contributed by atoms with Crippen LogP contribution >= 0.6 is 0 Å². The number of hydrogen-bond acceptors (Lipinski definition) is 0. The van der Waals surface area contributed by atoms with Crippen molar-refractivity contribution in [1.29, 1.82) is 0 Å². The number of hydrogen-bond donors (Lipinski definition) is 1. The number of aromatic amines is 1. The first kappa shape index (κ1) is 12.0. The van der Waals surface area contributed by atoms with Gasteiger partial charge >= 0.3 is 0 Å². The van der Waals surface area contributed by atoms with Crippen molar-refractivity contribution >= 4 is 10.9 Å². The number of fused-ring (bicyclic) bond motifs is 1. The molecule has 0 aliphatic rings. The molecule has 1 heteroatoms. The van der Waals surface area contributed by atoms with Gasteiger partial charge in [-0.25, -0.2) is 0 Å². The Morgan fingerprint density at radius 2 is 1.68 bits per heavy atom. The topological polar surface area (TPSA) is 15.8 Å². The molecule has 1 aromatic heterocycles. The van der Waals surface area contributed by atoms with Gasteiger partial charge < -0.3 is 4.98 Å². The Morgan fingerprint density at radius 1 is 0.895 bits per heavy atom. The molecular formula is C18H19N. The number of aromatic nitrogens is 1. The van der Waals surface area contributed by atoms with E-state index in [0.717, 1.165) is 6.42 Å². The van der Waals surface area contributed by atoms with Crippen molar-refractivity contribution in [2.75, 3.05) is 0 Å². The smallest absolute Gasteiger partial charge is 0.0456 e. The van der Waals surface area contributed by atoms with Gasteiger partial charge in [-0.3, -0.25) is 0 Å². The zero-order chi connectivity index (χ0) is 13.2. The molecule has 0 amide bonds. The van der Waals surface area contributed by atoms with Gasteiger partial charge in [-0.2, -0.15) is 0 Å². The van der Waals surface area contributed by atoms with Crippen LogP contribution in [0.3, 0.4) is 0 Å². The molecule has 0 radical (unpaired) electrons. The van der Waals surface area contributed by atoms with E-state index < -0.39 is 0 Å². The van der Waals surface area contributed by atoms with Crippen LogP contribution < -0.4 is 0 Å². The summed E-state index contributed by atoms with van der Waals surface area (Å²) in [7, 11) is 0. The molecule has 0 atom stereocenters. The van der Waals surface area contributed by atoms with Crippen LogP contribution in [0.15, 0.2) is 54.6 Å². The van der Waals surface area contributed by atoms with E-state index in [1.165, 1.54) is 27.7 Å². The van der Waals surface area contributed by atoms with E-state index in [4.69, 9.17) is 0 Å². The summed E-state index contributed by atoms with van der Waals surface area (Å²) in [5, 5.41) is 1.30. The van der Waals surface area contributed by atoms with E-state index in [0.29, 0.717) is 5.92 Å². The van der Waals surface area contributed by atoms with Crippen LogP contribution in [0.1, 0.15) is 19.5 Å². The minimum absolute atomic E-state index is 0.682. The average molecular weight is 249 g/mol. The van der Waals surface area contributed by atoms with Crippen LogP contribution in [0.25, 0.3) is 22.0 Å². The van der Waals surface area contributed by atoms with Gasteiger partial charge in [0.15, 0.2) is 0 Å². The third-order valence-corrected chi connectivity index (χ3v) is 3.41. The lowest BCUT2D eigenvalue weighted by Crippen LogP contribution is -1.93. The summed E-state index contributed by atoms with van der Waals surface area (Å²) >= 11 is 0. The lowest BCUT2D eigenvalue weighted by molar-refractivity contribution is 0.639. The quantitative estimate of drug-likeness (QED) is 0.669. The standard InChI is InChI=1S/C18H19N/c1-13(2)10-17-12-16-11-15(8-9-18(16)19-17)14-6-4-3-5-7-14/h3-9,11-13,19H,10H2,1-2H3. The summed E-state index contributed by atoms with van der Waals surface area (Å²) in [5.74, 6) is 0.682. The van der Waals surface area contributed by atoms with Gasteiger partial charge in [0.25, 0.3) is 0 Å². The van der Waals surface area contributed by atoms with Crippen LogP contribution in [0, 0.1) is 5.92 Å². The summed E-state index contributed by atoms with van der Waals surface area (Å²) in [6, 6.07) is 19.5. The molecule has 0 saturated heterocycles. The maximum absolute atomic E-state index is 3.51. The fourth-order valence-corrected chi connectivity index (χ4v) is 2.55. The Morgan fingerprint density at radius 3 is 2.42 bits per heavy atom. The van der Waals surface area contributed by atoms with E-state index in [-0.39, 0.29) is 0 Å². The first-order valence-electron chi connectivity index (χ1n) is 6.89. The van der Waals surface area contributed by atoms with Crippen molar-refractivity contribution in [2.45, 2.75) is 20.3 Å². The summed E-state index contributed by atoms with van der Waals surface area (Å²) < 4.78 is 0. The van der Waals surface area contributed by atoms with Crippen LogP contribution in [0.2, 0.25) is 0 Å². The molecule has 0 saturated carbocycles. The highest BCUT2D eigenvalue weighted by Gasteiger charge is 2.04. The largest absolute Gasteiger partial charge is 0.358 e. The highest BCUT2D eigenvalue weighted by Crippen LogP contribution is 2.25. The van der Waals surface area contributed by atoms with Gasteiger partial charge in [-0.15, -0.1) is 0 Å². The zero-order valence-corrected chi connectivity index (χ0v) is 11.5. The van der Waals surface area contributed by atoms with Crippen LogP contribution in [-0.2, 0) is 6.42 Å². The molecule has 0 fully saturated rings. The Kier molecular flexibility index (Phi) is 3.12. The molecule has 3 aromatic rings. The lowest BCUT2D eigenvalue weighted by Gasteiger charge is -2.01. The second kappa shape index (κ2) is 4.93. The van der Waals surface area contributed by atoms with Crippen molar-refractivity contribution in [3.63, 3.8) is 0 Å². The van der Waals surface area contributed by atoms with Gasteiger partial charge in [0, 0.05) is 16.6 Å². The highest BCUT2D eigenvalue weighted by molar-refractivity contribution is 5.85. The van der Waals surface area contributed by atoms with E-state index in [1.807, 2.05) is 0 Å². The van der Waals surface area contributed by atoms with E-state index in [2.05, 4.69) is 73.4 Å². The fourth-order valence-electron chi connectivity index (χ4n) is 2.55. The summed E-state index contributed by atoms with van der Waals surface area (Å²) in [5.41, 5.74) is 5.12. The Bertz CT molecular complexity index is 677. The molecule has 19 heavy (non-hydrogen) atoms. The van der Waals surface area contributed by atoms with Crippen molar-refractivity contribution in [3.8, 4) is 11.1 Å². The van der Waals surface area contributed by atoms with Crippen molar-refractivity contribution in [2.24, 2.45) is 5.92 Å². The number of nitrogens with one attached hydrogen (secondary N) is 1.